The summed E-state index contributed by atoms with van der Waals surface area (Å²) in [4.78, 5) is 0. The molecule has 1 aromatic rings. The van der Waals surface area contributed by atoms with Gasteiger partial charge in [0.15, 0.2) is 11.6 Å². The van der Waals surface area contributed by atoms with E-state index in [-0.39, 0.29) is 11.9 Å². The molecule has 0 bridgehead atoms. The number of halogens is 1. The molecule has 0 amide bonds. The molecule has 1 saturated heterocycles. The van der Waals surface area contributed by atoms with Crippen LogP contribution in [0.4, 0.5) is 4.39 Å². The van der Waals surface area contributed by atoms with Gasteiger partial charge in [0.2, 0.25) is 0 Å². The summed E-state index contributed by atoms with van der Waals surface area (Å²) in [6.45, 7) is 1.68. The molecule has 1 aromatic carbocycles. The maximum atomic E-state index is 13.9. The molecule has 3 heteroatoms. The van der Waals surface area contributed by atoms with Crippen LogP contribution in [0.5, 0.6) is 5.75 Å². The van der Waals surface area contributed by atoms with E-state index in [4.69, 9.17) is 4.74 Å². The van der Waals surface area contributed by atoms with E-state index in [1.807, 2.05) is 6.07 Å². The molecule has 18 heavy (non-hydrogen) atoms. The van der Waals surface area contributed by atoms with Crippen LogP contribution >= 0.6 is 0 Å². The minimum Gasteiger partial charge on any atom is -0.490 e. The molecule has 1 aliphatic heterocycles. The number of ether oxygens (including phenoxy) is 1. The van der Waals surface area contributed by atoms with Crippen molar-refractivity contribution in [1.29, 1.82) is 0 Å². The van der Waals surface area contributed by atoms with Gasteiger partial charge in [-0.3, -0.25) is 0 Å². The molecule has 0 radical (unpaired) electrons. The van der Waals surface area contributed by atoms with Crippen molar-refractivity contribution < 1.29 is 9.13 Å². The molecule has 1 heterocycles. The summed E-state index contributed by atoms with van der Waals surface area (Å²) in [7, 11) is 0. The number of hydrogen-bond acceptors (Lipinski definition) is 2. The molecule has 98 valence electrons. The van der Waals surface area contributed by atoms with E-state index in [0.717, 1.165) is 18.5 Å². The van der Waals surface area contributed by atoms with Crippen LogP contribution in [0.15, 0.2) is 18.2 Å². The maximum Gasteiger partial charge on any atom is 0.165 e. The minimum atomic E-state index is -0.222. The summed E-state index contributed by atoms with van der Waals surface area (Å²) in [5.74, 6) is 0.904. The first-order chi connectivity index (χ1) is 8.84. The van der Waals surface area contributed by atoms with Crippen molar-refractivity contribution >= 4 is 0 Å². The SMILES string of the molecule is Fc1cccc(C2CCCCN2)c1OCC1CC1. The summed E-state index contributed by atoms with van der Waals surface area (Å²) >= 11 is 0. The first kappa shape index (κ1) is 12.0. The highest BCUT2D eigenvalue weighted by atomic mass is 19.1. The largest absolute Gasteiger partial charge is 0.490 e. The fraction of sp³-hybridized carbons (Fsp3) is 0.600. The molecule has 1 atom stereocenters. The Kier molecular flexibility index (Phi) is 3.50. The van der Waals surface area contributed by atoms with Crippen molar-refractivity contribution in [2.24, 2.45) is 5.92 Å². The Morgan fingerprint density at radius 3 is 2.83 bits per heavy atom. The van der Waals surface area contributed by atoms with E-state index in [1.54, 1.807) is 6.07 Å². The van der Waals surface area contributed by atoms with Gasteiger partial charge >= 0.3 is 0 Å². The van der Waals surface area contributed by atoms with Crippen LogP contribution < -0.4 is 10.1 Å². The summed E-state index contributed by atoms with van der Waals surface area (Å²) < 4.78 is 19.7. The van der Waals surface area contributed by atoms with Gasteiger partial charge in [0.1, 0.15) is 0 Å². The van der Waals surface area contributed by atoms with E-state index in [0.29, 0.717) is 18.3 Å². The van der Waals surface area contributed by atoms with Crippen molar-refractivity contribution in [3.05, 3.63) is 29.6 Å². The third-order valence-corrected chi connectivity index (χ3v) is 3.84. The molecule has 2 fully saturated rings. The zero-order valence-electron chi connectivity index (χ0n) is 10.6. The Morgan fingerprint density at radius 1 is 1.22 bits per heavy atom. The average Bonchev–Trinajstić information content (AvgIpc) is 3.22. The van der Waals surface area contributed by atoms with E-state index >= 15 is 0 Å². The molecular formula is C15H20FNO. The van der Waals surface area contributed by atoms with Gasteiger partial charge in [0.05, 0.1) is 6.61 Å². The molecule has 1 saturated carbocycles. The minimum absolute atomic E-state index is 0.222. The van der Waals surface area contributed by atoms with E-state index in [1.165, 1.54) is 31.7 Å². The van der Waals surface area contributed by atoms with Crippen molar-refractivity contribution in [2.45, 2.75) is 38.1 Å². The monoisotopic (exact) mass is 249 g/mol. The zero-order valence-corrected chi connectivity index (χ0v) is 10.6. The fourth-order valence-corrected chi connectivity index (χ4v) is 2.56. The molecule has 1 aliphatic carbocycles. The van der Waals surface area contributed by atoms with Crippen molar-refractivity contribution in [3.63, 3.8) is 0 Å². The maximum absolute atomic E-state index is 13.9. The predicted molar refractivity (Wildman–Crippen MR) is 69.2 cm³/mol. The molecule has 0 aromatic heterocycles. The lowest BCUT2D eigenvalue weighted by Gasteiger charge is -2.25. The van der Waals surface area contributed by atoms with Crippen LogP contribution in [0.1, 0.15) is 43.7 Å². The van der Waals surface area contributed by atoms with E-state index < -0.39 is 0 Å². The fourth-order valence-electron chi connectivity index (χ4n) is 2.56. The van der Waals surface area contributed by atoms with Gasteiger partial charge in [-0.15, -0.1) is 0 Å². The number of hydrogen-bond donors (Lipinski definition) is 1. The number of nitrogens with one attached hydrogen (secondary N) is 1. The Hall–Kier alpha value is -1.09. The second kappa shape index (κ2) is 5.27. The number of para-hydroxylation sites is 1. The van der Waals surface area contributed by atoms with Gasteiger partial charge < -0.3 is 10.1 Å². The average molecular weight is 249 g/mol. The number of piperidine rings is 1. The highest BCUT2D eigenvalue weighted by molar-refractivity contribution is 5.37. The second-order valence-corrected chi connectivity index (χ2v) is 5.42. The summed E-state index contributed by atoms with van der Waals surface area (Å²) in [6, 6.07) is 5.53. The van der Waals surface area contributed by atoms with Gasteiger partial charge in [-0.25, -0.2) is 4.39 Å². The van der Waals surface area contributed by atoms with Gasteiger partial charge in [0.25, 0.3) is 0 Å². The van der Waals surface area contributed by atoms with Gasteiger partial charge in [-0.1, -0.05) is 18.6 Å². The quantitative estimate of drug-likeness (QED) is 0.882. The lowest BCUT2D eigenvalue weighted by atomic mass is 9.96. The Morgan fingerprint density at radius 2 is 2.11 bits per heavy atom. The van der Waals surface area contributed by atoms with Gasteiger partial charge in [-0.2, -0.15) is 0 Å². The molecular weight excluding hydrogens is 229 g/mol. The Labute approximate surface area is 108 Å². The topological polar surface area (TPSA) is 21.3 Å². The third-order valence-electron chi connectivity index (χ3n) is 3.84. The second-order valence-electron chi connectivity index (χ2n) is 5.42. The van der Waals surface area contributed by atoms with Crippen LogP contribution in [0.3, 0.4) is 0 Å². The summed E-state index contributed by atoms with van der Waals surface area (Å²) in [5.41, 5.74) is 0.996. The molecule has 3 rings (SSSR count). The first-order valence-corrected chi connectivity index (χ1v) is 6.99. The molecule has 0 spiro atoms. The van der Waals surface area contributed by atoms with E-state index in [2.05, 4.69) is 5.32 Å². The van der Waals surface area contributed by atoms with E-state index in [9.17, 15) is 4.39 Å². The third kappa shape index (κ3) is 2.66. The van der Waals surface area contributed by atoms with Gasteiger partial charge in [0, 0.05) is 11.6 Å². The smallest absolute Gasteiger partial charge is 0.165 e. The van der Waals surface area contributed by atoms with Crippen LogP contribution in [-0.4, -0.2) is 13.2 Å². The summed E-state index contributed by atoms with van der Waals surface area (Å²) in [5, 5.41) is 3.46. The summed E-state index contributed by atoms with van der Waals surface area (Å²) in [6.07, 6.45) is 5.94. The molecule has 2 nitrogen and oxygen atoms in total. The standard InChI is InChI=1S/C15H20FNO/c16-13-5-3-4-12(14-6-1-2-9-17-14)15(13)18-10-11-7-8-11/h3-5,11,14,17H,1-2,6-10H2. The lowest BCUT2D eigenvalue weighted by Crippen LogP contribution is -2.27. The highest BCUT2D eigenvalue weighted by Gasteiger charge is 2.25. The Bertz CT molecular complexity index is 411. The molecule has 1 unspecified atom stereocenters. The number of benzene rings is 1. The zero-order chi connectivity index (χ0) is 12.4. The highest BCUT2D eigenvalue weighted by Crippen LogP contribution is 2.35. The number of rotatable bonds is 4. The van der Waals surface area contributed by atoms with Crippen molar-refractivity contribution in [3.8, 4) is 5.75 Å². The van der Waals surface area contributed by atoms with Crippen LogP contribution in [0, 0.1) is 11.7 Å². The van der Waals surface area contributed by atoms with Crippen LogP contribution in [0.2, 0.25) is 0 Å². The van der Waals surface area contributed by atoms with Crippen molar-refractivity contribution in [2.75, 3.05) is 13.2 Å². The van der Waals surface area contributed by atoms with Crippen LogP contribution in [0.25, 0.3) is 0 Å². The molecule has 2 aliphatic rings. The van der Waals surface area contributed by atoms with Crippen LogP contribution in [-0.2, 0) is 0 Å². The van der Waals surface area contributed by atoms with Gasteiger partial charge in [-0.05, 0) is 44.2 Å². The lowest BCUT2D eigenvalue weighted by molar-refractivity contribution is 0.275. The molecule has 1 N–H and O–H groups in total. The first-order valence-electron chi connectivity index (χ1n) is 6.99. The normalized spacial score (nSPS) is 23.9. The predicted octanol–water partition coefficient (Wildman–Crippen LogP) is 3.43. The van der Waals surface area contributed by atoms with Crippen molar-refractivity contribution in [1.82, 2.24) is 5.32 Å². The Balaban J connectivity index is 1.79.